The van der Waals surface area contributed by atoms with Gasteiger partial charge in [-0.1, -0.05) is 76.2 Å². The summed E-state index contributed by atoms with van der Waals surface area (Å²) >= 11 is 0. The van der Waals surface area contributed by atoms with Crippen LogP contribution in [-0.4, -0.2) is 142 Å². The first-order chi connectivity index (χ1) is 37.8. The second-order valence-corrected chi connectivity index (χ2v) is 23.4. The van der Waals surface area contributed by atoms with Crippen LogP contribution in [0.2, 0.25) is 0 Å². The smallest absolute Gasteiger partial charge is 0.319 e. The number of phenolic OH excluding ortho intramolecular Hbond substituents is 1. The van der Waals surface area contributed by atoms with Gasteiger partial charge in [0.05, 0.1) is 30.7 Å². The van der Waals surface area contributed by atoms with E-state index in [9.17, 15) is 29.0 Å². The van der Waals surface area contributed by atoms with Crippen molar-refractivity contribution in [3.8, 4) is 34.1 Å². The Balaban J connectivity index is 0.768. The van der Waals surface area contributed by atoms with Crippen LogP contribution in [0.25, 0.3) is 44.1 Å². The maximum Gasteiger partial charge on any atom is 0.319 e. The number of anilines is 1. The summed E-state index contributed by atoms with van der Waals surface area (Å²) in [7, 11) is 0. The van der Waals surface area contributed by atoms with Crippen LogP contribution < -0.4 is 25.6 Å². The van der Waals surface area contributed by atoms with Gasteiger partial charge in [0.25, 0.3) is 5.91 Å². The first kappa shape index (κ1) is 54.0. The fraction of sp³-hybridized carbons (Fsp3) is 0.467. The van der Waals surface area contributed by atoms with Crippen LogP contribution in [0.3, 0.4) is 0 Å². The Morgan fingerprint density at radius 3 is 2.37 bits per heavy atom. The van der Waals surface area contributed by atoms with E-state index < -0.39 is 65.1 Å². The number of rotatable bonds is 15. The molecule has 6 heterocycles. The van der Waals surface area contributed by atoms with E-state index in [1.54, 1.807) is 42.6 Å². The Kier molecular flexibility index (Phi) is 14.8. The van der Waals surface area contributed by atoms with E-state index in [1.165, 1.54) is 29.2 Å². The molecular weight excluding hydrogens is 1020 g/mol. The number of aryl methyl sites for hydroxylation is 1. The second-order valence-electron chi connectivity index (χ2n) is 23.4. The molecule has 5 N–H and O–H groups in total. The van der Waals surface area contributed by atoms with Crippen molar-refractivity contribution in [1.82, 2.24) is 40.7 Å². The minimum absolute atomic E-state index is 0.00117. The normalized spacial score (nSPS) is 22.7. The molecule has 1 aliphatic carbocycles. The number of ether oxygens (including phenoxy) is 2. The number of carbonyl (C=O) groups excluding carboxylic acids is 3. The van der Waals surface area contributed by atoms with Gasteiger partial charge in [-0.2, -0.15) is 9.97 Å². The summed E-state index contributed by atoms with van der Waals surface area (Å²) in [6.45, 7) is 12.2. The summed E-state index contributed by atoms with van der Waals surface area (Å²) in [5, 5.41) is 32.7. The Labute approximate surface area is 457 Å². The molecule has 2 bridgehead atoms. The first-order valence-electron chi connectivity index (χ1n) is 27.6. The number of pyridine rings is 1. The number of likely N-dealkylation sites (tertiary alicyclic amines) is 1. The Morgan fingerprint density at radius 2 is 1.66 bits per heavy atom. The molecule has 416 valence electrons. The van der Waals surface area contributed by atoms with Crippen LogP contribution in [0, 0.1) is 28.3 Å². The molecule has 4 saturated heterocycles. The molecule has 5 fully saturated rings. The zero-order chi connectivity index (χ0) is 55.5. The number of piperazine rings is 1. The van der Waals surface area contributed by atoms with Crippen molar-refractivity contribution in [3.05, 3.63) is 108 Å². The van der Waals surface area contributed by atoms with E-state index in [2.05, 4.69) is 30.7 Å². The number of amides is 3. The van der Waals surface area contributed by atoms with Crippen LogP contribution >= 0.6 is 0 Å². The van der Waals surface area contributed by atoms with Crippen LogP contribution in [0.4, 0.5) is 19.0 Å². The lowest BCUT2D eigenvalue weighted by Crippen LogP contribution is -2.60. The number of morpholine rings is 1. The number of β-amino-alcohol motifs (C(OH)–C–C–N with tert-alkyl or cyclic N) is 1. The number of phenols is 1. The number of aromatic hydroxyl groups is 1. The number of halogens is 3. The number of hydrogen-bond acceptors (Lipinski definition) is 13. The monoisotopic (exact) mass is 1080 g/mol. The lowest BCUT2D eigenvalue weighted by molar-refractivity contribution is -0.148. The minimum atomic E-state index is -1.07. The van der Waals surface area contributed by atoms with E-state index in [0.29, 0.717) is 71.3 Å². The second kappa shape index (κ2) is 21.6. The van der Waals surface area contributed by atoms with Crippen molar-refractivity contribution in [2.24, 2.45) is 10.8 Å². The van der Waals surface area contributed by atoms with Gasteiger partial charge in [0.1, 0.15) is 52.6 Å². The van der Waals surface area contributed by atoms with Gasteiger partial charge in [-0.25, -0.2) is 13.2 Å². The van der Waals surface area contributed by atoms with Gasteiger partial charge in [-0.15, -0.1) is 0 Å². The maximum absolute atomic E-state index is 17.3. The number of carbonyl (C=O) groups is 3. The molecule has 5 aliphatic rings. The average Bonchev–Trinajstić information content (AvgIpc) is 4.08. The van der Waals surface area contributed by atoms with E-state index in [-0.39, 0.29) is 84.6 Å². The highest BCUT2D eigenvalue weighted by Gasteiger charge is 2.48. The summed E-state index contributed by atoms with van der Waals surface area (Å²) in [4.78, 5) is 62.6. The number of aliphatic hydroxyl groups excluding tert-OH is 1. The van der Waals surface area contributed by atoms with Crippen LogP contribution in [0.15, 0.2) is 79.0 Å². The number of hydrogen-bond donors (Lipinski definition) is 5. The van der Waals surface area contributed by atoms with Crippen molar-refractivity contribution >= 4 is 45.2 Å². The van der Waals surface area contributed by atoms with Crippen LogP contribution in [0.5, 0.6) is 11.8 Å². The van der Waals surface area contributed by atoms with E-state index in [0.717, 1.165) is 31.2 Å². The van der Waals surface area contributed by atoms with Crippen molar-refractivity contribution in [2.75, 3.05) is 57.4 Å². The van der Waals surface area contributed by atoms with Gasteiger partial charge in [0.15, 0.2) is 5.82 Å². The number of fused-ring (bicyclic) bond motifs is 4. The van der Waals surface area contributed by atoms with Gasteiger partial charge in [-0.05, 0) is 96.2 Å². The van der Waals surface area contributed by atoms with Gasteiger partial charge in [0.2, 0.25) is 11.8 Å². The molecule has 19 heteroatoms. The third-order valence-corrected chi connectivity index (χ3v) is 16.6. The molecule has 7 atom stereocenters. The summed E-state index contributed by atoms with van der Waals surface area (Å²) in [5.74, 6) is -2.54. The summed E-state index contributed by atoms with van der Waals surface area (Å²) < 4.78 is 59.6. The lowest BCUT2D eigenvalue weighted by atomic mass is 9.85. The molecule has 2 aromatic heterocycles. The molecule has 4 aromatic carbocycles. The quantitative estimate of drug-likeness (QED) is 0.0685. The maximum atomic E-state index is 17.3. The predicted octanol–water partition coefficient (Wildman–Crippen LogP) is 7.37. The molecule has 6 aromatic rings. The molecule has 16 nitrogen and oxygen atoms in total. The molecule has 3 amide bonds. The fourth-order valence-corrected chi connectivity index (χ4v) is 12.1. The number of benzene rings is 4. The van der Waals surface area contributed by atoms with Crippen molar-refractivity contribution < 1.29 is 47.2 Å². The lowest BCUT2D eigenvalue weighted by Gasteiger charge is -2.38. The predicted molar refractivity (Wildman–Crippen MR) is 293 cm³/mol. The van der Waals surface area contributed by atoms with Crippen LogP contribution in [-0.2, 0) is 25.5 Å². The van der Waals surface area contributed by atoms with Crippen molar-refractivity contribution in [3.63, 3.8) is 0 Å². The molecule has 2 unspecified atom stereocenters. The standard InChI is InChI=1S/C60H68F3N9O7/c1-6-41-46(62)18-15-36-23-39(73)24-43(49(36)41)51-50(63)52-44(26-64-51)54(71-27-37-16-17-38(28-71)66-37)69-58(67-52)79-32-60(19-20-60)31-70-21-22-78-48(30-70)56(76)68-53(59(3,4)5)57(77)72-29-40(74)25-47(72)55(75)65-33(2)34-11-13-35(14-12-34)42-9-7-8-10-45(42)61/h7-15,18,23-24,26,33,37-38,40,47-48,53,66,73-74H,6,16-17,19-22,25,27-32H2,1-5H3,(H,65,75)(H,68,76)/t33-,37?,38?,40+,47-,48-,53+/m0/s1. The molecule has 1 saturated carbocycles. The van der Waals surface area contributed by atoms with Gasteiger partial charge >= 0.3 is 6.01 Å². The van der Waals surface area contributed by atoms with E-state index in [1.807, 2.05) is 46.8 Å². The highest BCUT2D eigenvalue weighted by atomic mass is 19.1. The van der Waals surface area contributed by atoms with Gasteiger partial charge < -0.3 is 45.4 Å². The number of aromatic nitrogens is 3. The highest BCUT2D eigenvalue weighted by Crippen LogP contribution is 2.47. The molecule has 4 aliphatic heterocycles. The Morgan fingerprint density at radius 1 is 0.911 bits per heavy atom. The minimum Gasteiger partial charge on any atom is -0.508 e. The number of nitrogens with zero attached hydrogens (tertiary/aromatic N) is 6. The topological polar surface area (TPSA) is 195 Å². The zero-order valence-corrected chi connectivity index (χ0v) is 45.2. The summed E-state index contributed by atoms with van der Waals surface area (Å²) in [6.07, 6.45) is 3.70. The number of nitrogens with one attached hydrogen (secondary N) is 3. The third kappa shape index (κ3) is 11.1. The molecule has 0 spiro atoms. The molecular formula is C60H68F3N9O7. The van der Waals surface area contributed by atoms with Crippen molar-refractivity contribution in [2.45, 2.75) is 116 Å². The third-order valence-electron chi connectivity index (χ3n) is 16.6. The van der Waals surface area contributed by atoms with E-state index >= 15 is 8.78 Å². The van der Waals surface area contributed by atoms with Gasteiger partial charge in [-0.3, -0.25) is 24.3 Å². The number of aliphatic hydroxyl groups is 1. The fourth-order valence-electron chi connectivity index (χ4n) is 12.1. The largest absolute Gasteiger partial charge is 0.508 e. The summed E-state index contributed by atoms with van der Waals surface area (Å²) in [5.41, 5.74) is 1.35. The van der Waals surface area contributed by atoms with Crippen LogP contribution in [0.1, 0.15) is 83.9 Å². The Hall–Kier alpha value is -6.93. The average molecular weight is 1080 g/mol. The molecule has 0 radical (unpaired) electrons. The SMILES string of the molecule is CCc1c(F)ccc2cc(O)cc(-c3ncc4c(N5CC6CCC(C5)N6)nc(OCC5(CN6CCO[C@H](C(=O)N[C@H](C(=O)N7C[C@H](O)C[C@H]7C(=O)N[C@@H](C)c7ccc(-c8ccccc8F)cc7)C(C)(C)C)C6)CC5)nc4c3F)c12. The molecule has 79 heavy (non-hydrogen) atoms. The van der Waals surface area contributed by atoms with Crippen molar-refractivity contribution in [1.29, 1.82) is 0 Å². The highest BCUT2D eigenvalue weighted by molar-refractivity contribution is 6.02. The first-order valence-corrected chi connectivity index (χ1v) is 27.6. The summed E-state index contributed by atoms with van der Waals surface area (Å²) in [6, 6.07) is 17.5. The zero-order valence-electron chi connectivity index (χ0n) is 45.2. The van der Waals surface area contributed by atoms with Gasteiger partial charge in [0, 0.05) is 80.5 Å². The Bertz CT molecular complexity index is 3310. The molecule has 11 rings (SSSR count). The van der Waals surface area contributed by atoms with E-state index in [4.69, 9.17) is 19.4 Å².